The Kier molecular flexibility index (Phi) is 4.33. The SMILES string of the molecule is Cc1[nH]cnc1CNC(=O)CN1CCC[C@H](O)C1. The first-order valence-corrected chi connectivity index (χ1v) is 6.31. The number of aromatic amines is 1. The average molecular weight is 252 g/mol. The molecule has 2 heterocycles. The largest absolute Gasteiger partial charge is 0.392 e. The van der Waals surface area contributed by atoms with Crippen molar-refractivity contribution in [2.75, 3.05) is 19.6 Å². The minimum atomic E-state index is -0.292. The van der Waals surface area contributed by atoms with Crippen LogP contribution in [0, 0.1) is 6.92 Å². The molecular formula is C12H20N4O2. The highest BCUT2D eigenvalue weighted by atomic mass is 16.3. The summed E-state index contributed by atoms with van der Waals surface area (Å²) in [6.45, 7) is 4.20. The van der Waals surface area contributed by atoms with Gasteiger partial charge in [-0.25, -0.2) is 4.98 Å². The number of amides is 1. The molecule has 1 aliphatic heterocycles. The maximum absolute atomic E-state index is 11.8. The molecule has 18 heavy (non-hydrogen) atoms. The van der Waals surface area contributed by atoms with E-state index >= 15 is 0 Å². The summed E-state index contributed by atoms with van der Waals surface area (Å²) in [5, 5.41) is 12.4. The van der Waals surface area contributed by atoms with Crippen LogP contribution in [0.3, 0.4) is 0 Å². The summed E-state index contributed by atoms with van der Waals surface area (Å²) in [5.74, 6) is -0.0218. The van der Waals surface area contributed by atoms with Crippen LogP contribution >= 0.6 is 0 Å². The van der Waals surface area contributed by atoms with Crippen LogP contribution in [-0.4, -0.2) is 51.6 Å². The third kappa shape index (κ3) is 3.54. The number of nitrogens with one attached hydrogen (secondary N) is 2. The van der Waals surface area contributed by atoms with Crippen molar-refractivity contribution in [3.63, 3.8) is 0 Å². The number of hydrogen-bond donors (Lipinski definition) is 3. The van der Waals surface area contributed by atoms with Gasteiger partial charge in [-0.05, 0) is 26.3 Å². The molecule has 6 heteroatoms. The molecule has 1 amide bonds. The minimum absolute atomic E-state index is 0.0218. The van der Waals surface area contributed by atoms with Crippen molar-refractivity contribution < 1.29 is 9.90 Å². The predicted octanol–water partition coefficient (Wildman–Crippen LogP) is -0.209. The first-order valence-electron chi connectivity index (χ1n) is 6.31. The summed E-state index contributed by atoms with van der Waals surface area (Å²) >= 11 is 0. The highest BCUT2D eigenvalue weighted by molar-refractivity contribution is 5.78. The van der Waals surface area contributed by atoms with Crippen molar-refractivity contribution in [3.8, 4) is 0 Å². The summed E-state index contributed by atoms with van der Waals surface area (Å²) in [7, 11) is 0. The summed E-state index contributed by atoms with van der Waals surface area (Å²) in [6.07, 6.45) is 3.12. The molecular weight excluding hydrogens is 232 g/mol. The Morgan fingerprint density at radius 2 is 2.56 bits per heavy atom. The van der Waals surface area contributed by atoms with Crippen LogP contribution in [0.2, 0.25) is 0 Å². The quantitative estimate of drug-likeness (QED) is 0.692. The second-order valence-electron chi connectivity index (χ2n) is 4.78. The number of carbonyl (C=O) groups is 1. The number of imidazole rings is 1. The topological polar surface area (TPSA) is 81.2 Å². The predicted molar refractivity (Wildman–Crippen MR) is 66.9 cm³/mol. The number of aliphatic hydroxyl groups is 1. The molecule has 6 nitrogen and oxygen atoms in total. The van der Waals surface area contributed by atoms with Crippen LogP contribution < -0.4 is 5.32 Å². The zero-order valence-electron chi connectivity index (χ0n) is 10.6. The second-order valence-corrected chi connectivity index (χ2v) is 4.78. The number of likely N-dealkylation sites (tertiary alicyclic amines) is 1. The van der Waals surface area contributed by atoms with Crippen LogP contribution in [0.25, 0.3) is 0 Å². The highest BCUT2D eigenvalue weighted by Crippen LogP contribution is 2.09. The monoisotopic (exact) mass is 252 g/mol. The van der Waals surface area contributed by atoms with Crippen molar-refractivity contribution in [3.05, 3.63) is 17.7 Å². The van der Waals surface area contributed by atoms with Crippen LogP contribution in [0.15, 0.2) is 6.33 Å². The number of piperidine rings is 1. The Labute approximate surface area is 106 Å². The van der Waals surface area contributed by atoms with Crippen molar-refractivity contribution in [1.29, 1.82) is 0 Å². The number of aliphatic hydroxyl groups excluding tert-OH is 1. The molecule has 2 rings (SSSR count). The van der Waals surface area contributed by atoms with Gasteiger partial charge in [-0.3, -0.25) is 9.69 Å². The van der Waals surface area contributed by atoms with Gasteiger partial charge in [-0.2, -0.15) is 0 Å². The standard InChI is InChI=1S/C12H20N4O2/c1-9-11(15-8-14-9)5-13-12(18)7-16-4-2-3-10(17)6-16/h8,10,17H,2-7H2,1H3,(H,13,18)(H,14,15)/t10-/m0/s1. The Bertz CT molecular complexity index is 405. The number of aromatic nitrogens is 2. The van der Waals surface area contributed by atoms with Crippen molar-refractivity contribution >= 4 is 5.91 Å². The molecule has 1 aromatic rings. The molecule has 1 fully saturated rings. The molecule has 1 aromatic heterocycles. The first-order chi connectivity index (χ1) is 8.65. The van der Waals surface area contributed by atoms with Crippen molar-refractivity contribution in [2.45, 2.75) is 32.4 Å². The summed E-state index contributed by atoms with van der Waals surface area (Å²) < 4.78 is 0. The molecule has 0 spiro atoms. The Morgan fingerprint density at radius 1 is 1.72 bits per heavy atom. The summed E-state index contributed by atoms with van der Waals surface area (Å²) in [5.41, 5.74) is 1.84. The zero-order chi connectivity index (χ0) is 13.0. The van der Waals surface area contributed by atoms with E-state index in [1.54, 1.807) is 6.33 Å². The average Bonchev–Trinajstić information content (AvgIpc) is 2.72. The summed E-state index contributed by atoms with van der Waals surface area (Å²) in [6, 6.07) is 0. The maximum Gasteiger partial charge on any atom is 0.234 e. The lowest BCUT2D eigenvalue weighted by molar-refractivity contribution is -0.123. The molecule has 1 saturated heterocycles. The minimum Gasteiger partial charge on any atom is -0.392 e. The number of hydrogen-bond acceptors (Lipinski definition) is 4. The molecule has 0 bridgehead atoms. The lowest BCUT2D eigenvalue weighted by Gasteiger charge is -2.29. The zero-order valence-corrected chi connectivity index (χ0v) is 10.6. The van der Waals surface area contributed by atoms with Gasteiger partial charge in [-0.1, -0.05) is 0 Å². The van der Waals surface area contributed by atoms with E-state index in [1.165, 1.54) is 0 Å². The van der Waals surface area contributed by atoms with Gasteiger partial charge in [0, 0.05) is 12.2 Å². The van der Waals surface area contributed by atoms with Crippen LogP contribution in [0.1, 0.15) is 24.2 Å². The number of H-pyrrole nitrogens is 1. The molecule has 0 aromatic carbocycles. The van der Waals surface area contributed by atoms with E-state index in [-0.39, 0.29) is 12.0 Å². The Balaban J connectivity index is 1.73. The molecule has 3 N–H and O–H groups in total. The fourth-order valence-electron chi connectivity index (χ4n) is 2.18. The fourth-order valence-corrected chi connectivity index (χ4v) is 2.18. The van der Waals surface area contributed by atoms with Crippen LogP contribution in [-0.2, 0) is 11.3 Å². The fraction of sp³-hybridized carbons (Fsp3) is 0.667. The molecule has 0 saturated carbocycles. The second kappa shape index (κ2) is 5.97. The number of carbonyl (C=O) groups excluding carboxylic acids is 1. The van der Waals surface area contributed by atoms with Gasteiger partial charge in [0.15, 0.2) is 0 Å². The number of β-amino-alcohol motifs (C(OH)–C–C–N with tert-alkyl or cyclic N) is 1. The van der Waals surface area contributed by atoms with Gasteiger partial charge in [0.1, 0.15) is 0 Å². The van der Waals surface area contributed by atoms with E-state index < -0.39 is 0 Å². The third-order valence-electron chi connectivity index (χ3n) is 3.24. The molecule has 1 aliphatic rings. The van der Waals surface area contributed by atoms with Crippen LogP contribution in [0.4, 0.5) is 0 Å². The maximum atomic E-state index is 11.8. The van der Waals surface area contributed by atoms with Gasteiger partial charge >= 0.3 is 0 Å². The van der Waals surface area contributed by atoms with Crippen molar-refractivity contribution in [2.24, 2.45) is 0 Å². The molecule has 100 valence electrons. The lowest BCUT2D eigenvalue weighted by atomic mass is 10.1. The van der Waals surface area contributed by atoms with Gasteiger partial charge < -0.3 is 15.4 Å². The molecule has 0 radical (unpaired) electrons. The van der Waals surface area contributed by atoms with E-state index in [4.69, 9.17) is 0 Å². The molecule has 1 atom stereocenters. The normalized spacial score (nSPS) is 20.9. The lowest BCUT2D eigenvalue weighted by Crippen LogP contribution is -2.44. The van der Waals surface area contributed by atoms with Crippen LogP contribution in [0.5, 0.6) is 0 Å². The van der Waals surface area contributed by atoms with E-state index in [0.29, 0.717) is 19.6 Å². The van der Waals surface area contributed by atoms with E-state index in [1.807, 2.05) is 11.8 Å². The summed E-state index contributed by atoms with van der Waals surface area (Å²) in [4.78, 5) is 20.8. The number of aryl methyl sites for hydroxylation is 1. The van der Waals surface area contributed by atoms with Gasteiger partial charge in [0.25, 0.3) is 0 Å². The number of nitrogens with zero attached hydrogens (tertiary/aromatic N) is 2. The highest BCUT2D eigenvalue weighted by Gasteiger charge is 2.19. The Morgan fingerprint density at radius 3 is 3.22 bits per heavy atom. The van der Waals surface area contributed by atoms with E-state index in [0.717, 1.165) is 30.8 Å². The third-order valence-corrected chi connectivity index (χ3v) is 3.24. The van der Waals surface area contributed by atoms with E-state index in [9.17, 15) is 9.90 Å². The van der Waals surface area contributed by atoms with E-state index in [2.05, 4.69) is 15.3 Å². The van der Waals surface area contributed by atoms with Gasteiger partial charge in [0.2, 0.25) is 5.91 Å². The first kappa shape index (κ1) is 13.0. The molecule has 0 aliphatic carbocycles. The van der Waals surface area contributed by atoms with Crippen molar-refractivity contribution in [1.82, 2.24) is 20.2 Å². The smallest absolute Gasteiger partial charge is 0.234 e. The number of rotatable bonds is 4. The molecule has 0 unspecified atom stereocenters. The van der Waals surface area contributed by atoms with Gasteiger partial charge in [-0.15, -0.1) is 0 Å². The Hall–Kier alpha value is -1.40. The van der Waals surface area contributed by atoms with Gasteiger partial charge in [0.05, 0.1) is 31.2 Å².